The molecule has 2 aromatic heterocycles. The molecule has 1 aliphatic carbocycles. The van der Waals surface area contributed by atoms with Gasteiger partial charge < -0.3 is 14.5 Å². The summed E-state index contributed by atoms with van der Waals surface area (Å²) in [5, 5.41) is 0. The van der Waals surface area contributed by atoms with E-state index in [2.05, 4.69) is 24.8 Å². The number of halogens is 1. The van der Waals surface area contributed by atoms with Gasteiger partial charge in [-0.15, -0.1) is 0 Å². The van der Waals surface area contributed by atoms with Crippen molar-refractivity contribution < 1.29 is 13.9 Å². The zero-order chi connectivity index (χ0) is 23.0. The molecule has 2 saturated heterocycles. The van der Waals surface area contributed by atoms with Crippen molar-refractivity contribution in [1.29, 1.82) is 0 Å². The Balaban J connectivity index is 1.20. The SMILES string of the molecule is CCOC(=O)N1CC2(CC[C@@H](N3CCN(c4ncc(F)cc4-c4cnc(C)nc4)CC3)C2)C1. The summed E-state index contributed by atoms with van der Waals surface area (Å²) in [7, 11) is 0. The molecule has 33 heavy (non-hydrogen) atoms. The number of piperazine rings is 1. The van der Waals surface area contributed by atoms with E-state index in [0.29, 0.717) is 18.5 Å². The van der Waals surface area contributed by atoms with Crippen LogP contribution in [0.2, 0.25) is 0 Å². The molecule has 2 aliphatic heterocycles. The highest BCUT2D eigenvalue weighted by Crippen LogP contribution is 2.47. The molecule has 4 heterocycles. The smallest absolute Gasteiger partial charge is 0.409 e. The number of hydrogen-bond acceptors (Lipinski definition) is 7. The predicted octanol–water partition coefficient (Wildman–Crippen LogP) is 3.12. The van der Waals surface area contributed by atoms with Gasteiger partial charge in [-0.05, 0) is 39.2 Å². The minimum atomic E-state index is -0.360. The monoisotopic (exact) mass is 454 g/mol. The van der Waals surface area contributed by atoms with Gasteiger partial charge in [-0.3, -0.25) is 4.90 Å². The Morgan fingerprint density at radius 3 is 2.58 bits per heavy atom. The van der Waals surface area contributed by atoms with Crippen LogP contribution < -0.4 is 4.90 Å². The van der Waals surface area contributed by atoms with Crippen LogP contribution >= 0.6 is 0 Å². The van der Waals surface area contributed by atoms with Crippen molar-refractivity contribution in [3.8, 4) is 11.1 Å². The summed E-state index contributed by atoms with van der Waals surface area (Å²) in [6.45, 7) is 9.34. The molecule has 1 saturated carbocycles. The van der Waals surface area contributed by atoms with E-state index in [4.69, 9.17) is 4.74 Å². The molecule has 3 fully saturated rings. The van der Waals surface area contributed by atoms with Crippen molar-refractivity contribution in [2.24, 2.45) is 5.41 Å². The summed E-state index contributed by atoms with van der Waals surface area (Å²) in [6.07, 6.45) is 8.06. The lowest BCUT2D eigenvalue weighted by Gasteiger charge is -2.48. The second kappa shape index (κ2) is 8.85. The van der Waals surface area contributed by atoms with Crippen LogP contribution in [0.3, 0.4) is 0 Å². The van der Waals surface area contributed by atoms with E-state index in [1.165, 1.54) is 25.1 Å². The standard InChI is InChI=1S/C24H31FN6O2/c1-3-33-23(32)31-15-24(16-31)5-4-20(11-24)29-6-8-30(9-7-29)22-21(10-19(25)14-28-22)18-12-26-17(2)27-13-18/h10,12-14,20H,3-9,11,15-16H2,1-2H3/t20-/m1/s1. The maximum absolute atomic E-state index is 14.0. The fourth-order valence-corrected chi connectivity index (χ4v) is 5.61. The largest absolute Gasteiger partial charge is 0.450 e. The first-order chi connectivity index (χ1) is 16.0. The fourth-order valence-electron chi connectivity index (χ4n) is 5.61. The maximum Gasteiger partial charge on any atom is 0.409 e. The molecule has 0 aromatic carbocycles. The molecule has 8 nitrogen and oxygen atoms in total. The van der Waals surface area contributed by atoms with E-state index < -0.39 is 0 Å². The van der Waals surface area contributed by atoms with Crippen LogP contribution in [0.1, 0.15) is 32.0 Å². The van der Waals surface area contributed by atoms with Gasteiger partial charge >= 0.3 is 6.09 Å². The summed E-state index contributed by atoms with van der Waals surface area (Å²) in [6, 6.07) is 2.08. The van der Waals surface area contributed by atoms with E-state index in [1.807, 2.05) is 18.7 Å². The molecule has 176 valence electrons. The molecule has 1 amide bonds. The summed E-state index contributed by atoms with van der Waals surface area (Å²) < 4.78 is 19.1. The Morgan fingerprint density at radius 2 is 1.88 bits per heavy atom. The van der Waals surface area contributed by atoms with Crippen LogP contribution in [0.25, 0.3) is 11.1 Å². The number of aromatic nitrogens is 3. The number of nitrogens with zero attached hydrogens (tertiary/aromatic N) is 6. The number of hydrogen-bond donors (Lipinski definition) is 0. The third-order valence-electron chi connectivity index (χ3n) is 7.31. The summed E-state index contributed by atoms with van der Waals surface area (Å²) in [5.41, 5.74) is 1.78. The highest BCUT2D eigenvalue weighted by atomic mass is 19.1. The molecule has 0 bridgehead atoms. The van der Waals surface area contributed by atoms with Crippen molar-refractivity contribution in [2.75, 3.05) is 50.8 Å². The van der Waals surface area contributed by atoms with E-state index in [1.54, 1.807) is 12.4 Å². The van der Waals surface area contributed by atoms with Gasteiger partial charge in [-0.1, -0.05) is 0 Å². The molecular formula is C24H31FN6O2. The van der Waals surface area contributed by atoms with Gasteiger partial charge in [0.15, 0.2) is 0 Å². The van der Waals surface area contributed by atoms with Crippen molar-refractivity contribution in [2.45, 2.75) is 39.2 Å². The minimum Gasteiger partial charge on any atom is -0.450 e. The van der Waals surface area contributed by atoms with E-state index >= 15 is 0 Å². The van der Waals surface area contributed by atoms with Gasteiger partial charge in [-0.25, -0.2) is 24.1 Å². The van der Waals surface area contributed by atoms with Gasteiger partial charge in [0.1, 0.15) is 17.5 Å². The first kappa shape index (κ1) is 22.0. The predicted molar refractivity (Wildman–Crippen MR) is 122 cm³/mol. The Labute approximate surface area is 193 Å². The van der Waals surface area contributed by atoms with Crippen LogP contribution in [0.15, 0.2) is 24.7 Å². The molecule has 2 aromatic rings. The Hall–Kier alpha value is -2.81. The molecule has 0 N–H and O–H groups in total. The van der Waals surface area contributed by atoms with Crippen molar-refractivity contribution in [1.82, 2.24) is 24.8 Å². The highest BCUT2D eigenvalue weighted by molar-refractivity contribution is 5.75. The highest BCUT2D eigenvalue weighted by Gasteiger charge is 2.51. The lowest BCUT2D eigenvalue weighted by molar-refractivity contribution is -0.00294. The summed E-state index contributed by atoms with van der Waals surface area (Å²) >= 11 is 0. The Kier molecular flexibility index (Phi) is 5.90. The van der Waals surface area contributed by atoms with Gasteiger partial charge in [0, 0.05) is 74.2 Å². The maximum atomic E-state index is 14.0. The second-order valence-corrected chi connectivity index (χ2v) is 9.52. The summed E-state index contributed by atoms with van der Waals surface area (Å²) in [5.74, 6) is 1.11. The van der Waals surface area contributed by atoms with Crippen LogP contribution in [0, 0.1) is 18.2 Å². The Bertz CT molecular complexity index is 1000. The second-order valence-electron chi connectivity index (χ2n) is 9.52. The number of carbonyl (C=O) groups excluding carboxylic acids is 1. The van der Waals surface area contributed by atoms with Gasteiger partial charge in [0.25, 0.3) is 0 Å². The van der Waals surface area contributed by atoms with Crippen LogP contribution in [-0.2, 0) is 4.74 Å². The third-order valence-corrected chi connectivity index (χ3v) is 7.31. The van der Waals surface area contributed by atoms with Crippen LogP contribution in [-0.4, -0.2) is 82.8 Å². The fraction of sp³-hybridized carbons (Fsp3) is 0.583. The normalized spacial score (nSPS) is 22.5. The number of carbonyl (C=O) groups is 1. The molecule has 3 aliphatic rings. The van der Waals surface area contributed by atoms with Crippen molar-refractivity contribution >= 4 is 11.9 Å². The molecule has 0 radical (unpaired) electrons. The topological polar surface area (TPSA) is 74.7 Å². The zero-order valence-corrected chi connectivity index (χ0v) is 19.3. The first-order valence-electron chi connectivity index (χ1n) is 11.8. The number of likely N-dealkylation sites (tertiary alicyclic amines) is 1. The molecule has 5 rings (SSSR count). The van der Waals surface area contributed by atoms with Crippen molar-refractivity contribution in [3.63, 3.8) is 0 Å². The van der Waals surface area contributed by atoms with Gasteiger partial charge in [-0.2, -0.15) is 0 Å². The minimum absolute atomic E-state index is 0.179. The van der Waals surface area contributed by atoms with E-state index in [9.17, 15) is 9.18 Å². The van der Waals surface area contributed by atoms with Gasteiger partial charge in [0.2, 0.25) is 0 Å². The van der Waals surface area contributed by atoms with E-state index in [-0.39, 0.29) is 17.3 Å². The van der Waals surface area contributed by atoms with Crippen molar-refractivity contribution in [3.05, 3.63) is 36.3 Å². The van der Waals surface area contributed by atoms with Crippen LogP contribution in [0.5, 0.6) is 0 Å². The quantitative estimate of drug-likeness (QED) is 0.703. The molecule has 0 unspecified atom stereocenters. The number of aryl methyl sites for hydroxylation is 1. The molecular weight excluding hydrogens is 423 g/mol. The molecule has 1 spiro atoms. The average molecular weight is 455 g/mol. The van der Waals surface area contributed by atoms with Gasteiger partial charge in [0.05, 0.1) is 12.8 Å². The lowest BCUT2D eigenvalue weighted by atomic mass is 9.78. The zero-order valence-electron chi connectivity index (χ0n) is 19.3. The number of anilines is 1. The number of pyridine rings is 1. The third kappa shape index (κ3) is 4.38. The number of rotatable bonds is 4. The lowest BCUT2D eigenvalue weighted by Crippen LogP contribution is -2.58. The van der Waals surface area contributed by atoms with E-state index in [0.717, 1.165) is 62.6 Å². The number of amides is 1. The molecule has 1 atom stereocenters. The average Bonchev–Trinajstić information content (AvgIpc) is 3.25. The Morgan fingerprint density at radius 1 is 1.15 bits per heavy atom. The molecule has 9 heteroatoms. The first-order valence-corrected chi connectivity index (χ1v) is 11.8. The van der Waals surface area contributed by atoms with Crippen LogP contribution in [0.4, 0.5) is 15.0 Å². The number of ether oxygens (including phenoxy) is 1. The summed E-state index contributed by atoms with van der Waals surface area (Å²) in [4.78, 5) is 31.6.